The molecule has 1 aliphatic heterocycles. The van der Waals surface area contributed by atoms with Crippen LogP contribution in [0.3, 0.4) is 0 Å². The minimum atomic E-state index is -0.755. The van der Waals surface area contributed by atoms with Gasteiger partial charge in [-0.25, -0.2) is 8.78 Å². The van der Waals surface area contributed by atoms with E-state index in [1.54, 1.807) is 29.2 Å². The van der Waals surface area contributed by atoms with Crippen molar-refractivity contribution in [2.45, 2.75) is 6.42 Å². The number of hydrogen-bond donors (Lipinski definition) is 0. The van der Waals surface area contributed by atoms with Crippen LogP contribution in [-0.2, 0) is 0 Å². The summed E-state index contributed by atoms with van der Waals surface area (Å²) in [6.07, 6.45) is 0.554. The third-order valence-corrected chi connectivity index (χ3v) is 4.55. The van der Waals surface area contributed by atoms with Crippen LogP contribution >= 0.6 is 0 Å². The molecule has 1 fully saturated rings. The Kier molecular flexibility index (Phi) is 5.69. The highest BCUT2D eigenvalue weighted by Gasteiger charge is 2.25. The number of carbonyl (C=O) groups excluding carboxylic acids is 2. The molecule has 0 aliphatic carbocycles. The summed E-state index contributed by atoms with van der Waals surface area (Å²) in [6, 6.07) is 9.70. The normalized spacial score (nSPS) is 14.6. The Morgan fingerprint density at radius 2 is 1.63 bits per heavy atom. The monoisotopic (exact) mass is 374 g/mol. The van der Waals surface area contributed by atoms with Crippen LogP contribution in [0.2, 0.25) is 0 Å². The minimum Gasteiger partial charge on any atom is -0.497 e. The Labute approximate surface area is 156 Å². The first-order valence-electron chi connectivity index (χ1n) is 8.67. The van der Waals surface area contributed by atoms with Crippen LogP contribution in [0.1, 0.15) is 27.1 Å². The second-order valence-electron chi connectivity index (χ2n) is 6.29. The third-order valence-electron chi connectivity index (χ3n) is 4.55. The van der Waals surface area contributed by atoms with E-state index >= 15 is 0 Å². The van der Waals surface area contributed by atoms with Crippen molar-refractivity contribution in [2.75, 3.05) is 33.3 Å². The molecule has 1 saturated heterocycles. The second-order valence-corrected chi connectivity index (χ2v) is 6.29. The number of ether oxygens (including phenoxy) is 1. The highest BCUT2D eigenvalue weighted by Crippen LogP contribution is 2.17. The zero-order chi connectivity index (χ0) is 19.4. The lowest BCUT2D eigenvalue weighted by atomic mass is 10.1. The summed E-state index contributed by atoms with van der Waals surface area (Å²) in [5, 5.41) is 0. The summed E-state index contributed by atoms with van der Waals surface area (Å²) < 4.78 is 32.4. The summed E-state index contributed by atoms with van der Waals surface area (Å²) in [6.45, 7) is 1.42. The van der Waals surface area contributed by atoms with E-state index in [2.05, 4.69) is 0 Å². The molecule has 2 amide bonds. The van der Waals surface area contributed by atoms with Crippen LogP contribution < -0.4 is 4.74 Å². The van der Waals surface area contributed by atoms with E-state index in [1.165, 1.54) is 12.0 Å². The van der Waals surface area contributed by atoms with Crippen LogP contribution in [0, 0.1) is 11.6 Å². The van der Waals surface area contributed by atoms with E-state index in [9.17, 15) is 18.4 Å². The molecule has 0 atom stereocenters. The van der Waals surface area contributed by atoms with Crippen LogP contribution in [0.25, 0.3) is 0 Å². The molecule has 0 bridgehead atoms. The fraction of sp³-hybridized carbons (Fsp3) is 0.300. The van der Waals surface area contributed by atoms with Gasteiger partial charge < -0.3 is 14.5 Å². The Hall–Kier alpha value is -2.96. The number of benzene rings is 2. The smallest absolute Gasteiger partial charge is 0.256 e. The molecular formula is C20H20F2N2O3. The van der Waals surface area contributed by atoms with Gasteiger partial charge in [-0.2, -0.15) is 0 Å². The van der Waals surface area contributed by atoms with E-state index in [0.717, 1.165) is 18.2 Å². The molecule has 0 radical (unpaired) electrons. The fourth-order valence-electron chi connectivity index (χ4n) is 3.09. The van der Waals surface area contributed by atoms with Gasteiger partial charge in [0, 0.05) is 31.7 Å². The predicted octanol–water partition coefficient (Wildman–Crippen LogP) is 2.96. The van der Waals surface area contributed by atoms with Crippen LogP contribution in [0.4, 0.5) is 8.78 Å². The molecule has 27 heavy (non-hydrogen) atoms. The SMILES string of the molecule is COc1cccc(C(=O)N2CCCN(C(=O)c3cc(F)ccc3F)CC2)c1. The largest absolute Gasteiger partial charge is 0.497 e. The first kappa shape index (κ1) is 18.8. The van der Waals surface area contributed by atoms with Gasteiger partial charge in [0.15, 0.2) is 0 Å². The Morgan fingerprint density at radius 1 is 0.926 bits per heavy atom. The zero-order valence-corrected chi connectivity index (χ0v) is 15.0. The molecule has 3 rings (SSSR count). The van der Waals surface area contributed by atoms with Gasteiger partial charge in [0.2, 0.25) is 0 Å². The number of hydrogen-bond acceptors (Lipinski definition) is 3. The maximum atomic E-state index is 13.9. The maximum absolute atomic E-state index is 13.9. The molecule has 1 aliphatic rings. The van der Waals surface area contributed by atoms with Gasteiger partial charge in [0.1, 0.15) is 17.4 Å². The molecule has 5 nitrogen and oxygen atoms in total. The van der Waals surface area contributed by atoms with Gasteiger partial charge in [0.25, 0.3) is 11.8 Å². The minimum absolute atomic E-state index is 0.153. The van der Waals surface area contributed by atoms with Crippen molar-refractivity contribution >= 4 is 11.8 Å². The maximum Gasteiger partial charge on any atom is 0.256 e. The van der Waals surface area contributed by atoms with Gasteiger partial charge in [-0.15, -0.1) is 0 Å². The summed E-state index contributed by atoms with van der Waals surface area (Å²) in [5.41, 5.74) is 0.216. The lowest BCUT2D eigenvalue weighted by Crippen LogP contribution is -2.37. The summed E-state index contributed by atoms with van der Waals surface area (Å²) in [4.78, 5) is 28.4. The van der Waals surface area contributed by atoms with E-state index in [0.29, 0.717) is 37.4 Å². The number of carbonyl (C=O) groups is 2. The van der Waals surface area contributed by atoms with Crippen molar-refractivity contribution < 1.29 is 23.1 Å². The molecule has 2 aromatic carbocycles. The molecule has 142 valence electrons. The van der Waals surface area contributed by atoms with E-state index < -0.39 is 17.5 Å². The van der Waals surface area contributed by atoms with Crippen molar-refractivity contribution in [3.8, 4) is 5.75 Å². The molecule has 0 spiro atoms. The zero-order valence-electron chi connectivity index (χ0n) is 15.0. The van der Waals surface area contributed by atoms with Crippen LogP contribution in [0.5, 0.6) is 5.75 Å². The molecule has 7 heteroatoms. The number of amides is 2. The molecular weight excluding hydrogens is 354 g/mol. The second kappa shape index (κ2) is 8.16. The third kappa shape index (κ3) is 4.24. The van der Waals surface area contributed by atoms with Gasteiger partial charge in [-0.1, -0.05) is 6.07 Å². The molecule has 1 heterocycles. The molecule has 0 aromatic heterocycles. The standard InChI is InChI=1S/C20H20F2N2O3/c1-27-16-5-2-4-14(12-16)19(25)23-8-3-9-24(11-10-23)20(26)17-13-15(21)6-7-18(17)22/h2,4-7,12-13H,3,8-11H2,1H3. The number of nitrogens with zero attached hydrogens (tertiary/aromatic N) is 2. The molecule has 0 saturated carbocycles. The first-order chi connectivity index (χ1) is 13.0. The first-order valence-corrected chi connectivity index (χ1v) is 8.67. The van der Waals surface area contributed by atoms with Crippen LogP contribution in [0.15, 0.2) is 42.5 Å². The van der Waals surface area contributed by atoms with Crippen molar-refractivity contribution in [3.05, 3.63) is 65.2 Å². The van der Waals surface area contributed by atoms with Crippen molar-refractivity contribution in [2.24, 2.45) is 0 Å². The lowest BCUT2D eigenvalue weighted by Gasteiger charge is -2.22. The molecule has 0 N–H and O–H groups in total. The number of halogens is 2. The number of methoxy groups -OCH3 is 1. The van der Waals surface area contributed by atoms with E-state index in [1.807, 2.05) is 0 Å². The Bertz CT molecular complexity index is 857. The van der Waals surface area contributed by atoms with Gasteiger partial charge in [-0.05, 0) is 42.8 Å². The average Bonchev–Trinajstić information content (AvgIpc) is 2.95. The molecule has 2 aromatic rings. The topological polar surface area (TPSA) is 49.9 Å². The predicted molar refractivity (Wildman–Crippen MR) is 95.8 cm³/mol. The highest BCUT2D eigenvalue weighted by molar-refractivity contribution is 5.95. The van der Waals surface area contributed by atoms with E-state index in [-0.39, 0.29) is 18.0 Å². The highest BCUT2D eigenvalue weighted by atomic mass is 19.1. The quantitative estimate of drug-likeness (QED) is 0.830. The van der Waals surface area contributed by atoms with Crippen molar-refractivity contribution in [1.29, 1.82) is 0 Å². The Balaban J connectivity index is 1.70. The van der Waals surface area contributed by atoms with Crippen LogP contribution in [-0.4, -0.2) is 54.9 Å². The summed E-state index contributed by atoms with van der Waals surface area (Å²) in [5.74, 6) is -1.55. The number of rotatable bonds is 3. The van der Waals surface area contributed by atoms with Crippen molar-refractivity contribution in [3.63, 3.8) is 0 Å². The van der Waals surface area contributed by atoms with Gasteiger partial charge in [0.05, 0.1) is 12.7 Å². The van der Waals surface area contributed by atoms with Gasteiger partial charge in [-0.3, -0.25) is 9.59 Å². The summed E-state index contributed by atoms with van der Waals surface area (Å²) >= 11 is 0. The average molecular weight is 374 g/mol. The lowest BCUT2D eigenvalue weighted by molar-refractivity contribution is 0.0715. The van der Waals surface area contributed by atoms with Gasteiger partial charge >= 0.3 is 0 Å². The van der Waals surface area contributed by atoms with Crippen molar-refractivity contribution in [1.82, 2.24) is 9.80 Å². The summed E-state index contributed by atoms with van der Waals surface area (Å²) in [7, 11) is 1.53. The van der Waals surface area contributed by atoms with E-state index in [4.69, 9.17) is 4.74 Å². The molecule has 0 unspecified atom stereocenters. The Morgan fingerprint density at radius 3 is 2.33 bits per heavy atom. The fourth-order valence-corrected chi connectivity index (χ4v) is 3.09.